The van der Waals surface area contributed by atoms with E-state index >= 15 is 0 Å². The van der Waals surface area contributed by atoms with Crippen molar-refractivity contribution in [1.82, 2.24) is 0 Å². The number of aldehydes is 1. The monoisotopic (exact) mass is 274 g/mol. The standard InChI is InChI=1S/C12H12Cl2O3/c1-2-16-11-5-3-4-9(7-15)12(11)17-8-10(14)6-13/h3-7H,2,8H2,1H3. The van der Waals surface area contributed by atoms with Gasteiger partial charge in [0.15, 0.2) is 17.8 Å². The van der Waals surface area contributed by atoms with Gasteiger partial charge in [0.2, 0.25) is 0 Å². The van der Waals surface area contributed by atoms with Crippen LogP contribution in [0.15, 0.2) is 28.8 Å². The van der Waals surface area contributed by atoms with Crippen molar-refractivity contribution in [2.75, 3.05) is 13.2 Å². The first-order chi connectivity index (χ1) is 8.22. The minimum absolute atomic E-state index is 0.0932. The number of hydrogen-bond acceptors (Lipinski definition) is 3. The molecule has 0 atom stereocenters. The average Bonchev–Trinajstić information content (AvgIpc) is 2.36. The van der Waals surface area contributed by atoms with E-state index in [0.717, 1.165) is 0 Å². The zero-order valence-corrected chi connectivity index (χ0v) is 10.8. The van der Waals surface area contributed by atoms with E-state index in [2.05, 4.69) is 0 Å². The van der Waals surface area contributed by atoms with Gasteiger partial charge in [-0.05, 0) is 19.1 Å². The van der Waals surface area contributed by atoms with Crippen molar-refractivity contribution in [1.29, 1.82) is 0 Å². The van der Waals surface area contributed by atoms with E-state index in [0.29, 0.717) is 35.0 Å². The summed E-state index contributed by atoms with van der Waals surface area (Å²) in [5.41, 5.74) is 1.63. The first-order valence-corrected chi connectivity index (χ1v) is 5.82. The lowest BCUT2D eigenvalue weighted by Crippen LogP contribution is -2.03. The maximum Gasteiger partial charge on any atom is 0.172 e. The molecular weight excluding hydrogens is 263 g/mol. The number of benzene rings is 1. The quantitative estimate of drug-likeness (QED) is 0.744. The van der Waals surface area contributed by atoms with Crippen LogP contribution in [0.5, 0.6) is 11.5 Å². The first-order valence-electron chi connectivity index (χ1n) is 5.01. The van der Waals surface area contributed by atoms with Gasteiger partial charge in [-0.15, -0.1) is 0 Å². The Labute approximate surface area is 110 Å². The van der Waals surface area contributed by atoms with Crippen molar-refractivity contribution in [3.05, 3.63) is 34.3 Å². The Morgan fingerprint density at radius 3 is 2.76 bits per heavy atom. The SMILES string of the molecule is CCOc1cccc(C=O)c1OCC(Cl)=CCl. The van der Waals surface area contributed by atoms with E-state index in [-0.39, 0.29) is 6.61 Å². The molecule has 0 radical (unpaired) electrons. The third-order valence-corrected chi connectivity index (χ3v) is 2.50. The van der Waals surface area contributed by atoms with Crippen molar-refractivity contribution in [2.45, 2.75) is 6.92 Å². The van der Waals surface area contributed by atoms with E-state index in [1.807, 2.05) is 6.92 Å². The first kappa shape index (κ1) is 13.9. The molecule has 0 aliphatic rings. The molecule has 1 aromatic rings. The number of halogens is 2. The lowest BCUT2D eigenvalue weighted by molar-refractivity contribution is 0.111. The lowest BCUT2D eigenvalue weighted by atomic mass is 10.2. The average molecular weight is 275 g/mol. The molecule has 0 N–H and O–H groups in total. The molecule has 0 aliphatic heterocycles. The van der Waals surface area contributed by atoms with Crippen molar-refractivity contribution in [2.24, 2.45) is 0 Å². The fourth-order valence-corrected chi connectivity index (χ4v) is 1.34. The molecule has 0 saturated carbocycles. The van der Waals surface area contributed by atoms with Crippen molar-refractivity contribution >= 4 is 29.5 Å². The molecule has 0 fully saturated rings. The van der Waals surface area contributed by atoms with Gasteiger partial charge in [-0.3, -0.25) is 4.79 Å². The van der Waals surface area contributed by atoms with E-state index in [9.17, 15) is 4.79 Å². The Hall–Kier alpha value is -1.19. The minimum Gasteiger partial charge on any atom is -0.490 e. The molecule has 92 valence electrons. The maximum atomic E-state index is 10.9. The second kappa shape index (κ2) is 7.20. The zero-order valence-electron chi connectivity index (χ0n) is 9.28. The van der Waals surface area contributed by atoms with Crippen LogP contribution in [0.2, 0.25) is 0 Å². The summed E-state index contributed by atoms with van der Waals surface area (Å²) in [7, 11) is 0. The number of rotatable bonds is 6. The summed E-state index contributed by atoms with van der Waals surface area (Å²) in [5.74, 6) is 0.886. The highest BCUT2D eigenvalue weighted by Crippen LogP contribution is 2.30. The van der Waals surface area contributed by atoms with Gasteiger partial charge in [0.25, 0.3) is 0 Å². The molecule has 0 amide bonds. The summed E-state index contributed by atoms with van der Waals surface area (Å²) in [6, 6.07) is 5.09. The molecule has 1 rings (SSSR count). The Morgan fingerprint density at radius 2 is 2.18 bits per heavy atom. The van der Waals surface area contributed by atoms with Crippen molar-refractivity contribution in [3.8, 4) is 11.5 Å². The molecule has 3 nitrogen and oxygen atoms in total. The molecule has 17 heavy (non-hydrogen) atoms. The fourth-order valence-electron chi connectivity index (χ4n) is 1.22. The smallest absolute Gasteiger partial charge is 0.172 e. The zero-order chi connectivity index (χ0) is 12.7. The predicted octanol–water partition coefficient (Wildman–Crippen LogP) is 3.60. The summed E-state index contributed by atoms with van der Waals surface area (Å²) >= 11 is 11.1. The molecule has 0 heterocycles. The van der Waals surface area contributed by atoms with E-state index < -0.39 is 0 Å². The molecule has 0 saturated heterocycles. The molecule has 0 aliphatic carbocycles. The van der Waals surface area contributed by atoms with Gasteiger partial charge in [-0.1, -0.05) is 29.3 Å². The van der Waals surface area contributed by atoms with Gasteiger partial charge >= 0.3 is 0 Å². The van der Waals surface area contributed by atoms with E-state index in [4.69, 9.17) is 32.7 Å². The third kappa shape index (κ3) is 3.95. The largest absolute Gasteiger partial charge is 0.490 e. The Morgan fingerprint density at radius 1 is 1.41 bits per heavy atom. The Balaban J connectivity index is 2.96. The summed E-state index contributed by atoms with van der Waals surface area (Å²) in [5, 5.41) is 0.342. The van der Waals surface area contributed by atoms with Crippen LogP contribution in [0.1, 0.15) is 17.3 Å². The van der Waals surface area contributed by atoms with Crippen LogP contribution >= 0.6 is 23.2 Å². The van der Waals surface area contributed by atoms with Gasteiger partial charge in [0.05, 0.1) is 17.2 Å². The van der Waals surface area contributed by atoms with Crippen molar-refractivity contribution in [3.63, 3.8) is 0 Å². The van der Waals surface area contributed by atoms with E-state index in [1.54, 1.807) is 18.2 Å². The molecular formula is C12H12Cl2O3. The Bertz CT molecular complexity index is 416. The minimum atomic E-state index is 0.0932. The van der Waals surface area contributed by atoms with Crippen LogP contribution in [-0.2, 0) is 0 Å². The van der Waals surface area contributed by atoms with Gasteiger partial charge in [0, 0.05) is 5.54 Å². The van der Waals surface area contributed by atoms with Gasteiger partial charge in [0.1, 0.15) is 6.61 Å². The summed E-state index contributed by atoms with van der Waals surface area (Å²) in [6.45, 7) is 2.43. The number of ether oxygens (including phenoxy) is 2. The predicted molar refractivity (Wildman–Crippen MR) is 68.3 cm³/mol. The highest BCUT2D eigenvalue weighted by atomic mass is 35.5. The summed E-state index contributed by atoms with van der Waals surface area (Å²) < 4.78 is 10.8. The molecule has 0 unspecified atom stereocenters. The lowest BCUT2D eigenvalue weighted by Gasteiger charge is -2.13. The Kier molecular flexibility index (Phi) is 5.87. The van der Waals surface area contributed by atoms with Crippen LogP contribution in [0.3, 0.4) is 0 Å². The molecule has 5 heteroatoms. The highest BCUT2D eigenvalue weighted by molar-refractivity contribution is 6.36. The molecule has 0 bridgehead atoms. The van der Waals surface area contributed by atoms with E-state index in [1.165, 1.54) is 5.54 Å². The van der Waals surface area contributed by atoms with Gasteiger partial charge < -0.3 is 9.47 Å². The van der Waals surface area contributed by atoms with Crippen LogP contribution in [-0.4, -0.2) is 19.5 Å². The normalized spacial score (nSPS) is 11.1. The fraction of sp³-hybridized carbons (Fsp3) is 0.250. The topological polar surface area (TPSA) is 35.5 Å². The number of carbonyl (C=O) groups excluding carboxylic acids is 1. The molecule has 1 aromatic carbocycles. The highest BCUT2D eigenvalue weighted by Gasteiger charge is 2.10. The third-order valence-electron chi connectivity index (χ3n) is 1.91. The number of hydrogen-bond donors (Lipinski definition) is 0. The maximum absolute atomic E-state index is 10.9. The van der Waals surface area contributed by atoms with Crippen molar-refractivity contribution < 1.29 is 14.3 Å². The van der Waals surface area contributed by atoms with Crippen LogP contribution in [0.4, 0.5) is 0 Å². The van der Waals surface area contributed by atoms with Gasteiger partial charge in [-0.25, -0.2) is 0 Å². The number of carbonyl (C=O) groups is 1. The van der Waals surface area contributed by atoms with Gasteiger partial charge in [-0.2, -0.15) is 0 Å². The second-order valence-electron chi connectivity index (χ2n) is 3.07. The van der Waals surface area contributed by atoms with Crippen LogP contribution in [0, 0.1) is 0 Å². The molecule has 0 spiro atoms. The van der Waals surface area contributed by atoms with Crippen LogP contribution in [0.25, 0.3) is 0 Å². The summed E-state index contributed by atoms with van der Waals surface area (Å²) in [4.78, 5) is 10.9. The molecule has 0 aromatic heterocycles. The second-order valence-corrected chi connectivity index (χ2v) is 3.77. The number of para-hydroxylation sites is 1. The van der Waals surface area contributed by atoms with Crippen LogP contribution < -0.4 is 9.47 Å². The summed E-state index contributed by atoms with van der Waals surface area (Å²) in [6.07, 6.45) is 0.705.